The average Bonchev–Trinajstić information content (AvgIpc) is 2.98. The van der Waals surface area contributed by atoms with Crippen molar-refractivity contribution in [1.29, 1.82) is 0 Å². The van der Waals surface area contributed by atoms with Gasteiger partial charge in [-0.25, -0.2) is 4.79 Å². The summed E-state index contributed by atoms with van der Waals surface area (Å²) < 4.78 is 4.78. The molecule has 2 N–H and O–H groups in total. The van der Waals surface area contributed by atoms with E-state index in [4.69, 9.17) is 17.0 Å². The van der Waals surface area contributed by atoms with Gasteiger partial charge in [-0.15, -0.1) is 11.3 Å². The van der Waals surface area contributed by atoms with Crippen molar-refractivity contribution < 1.29 is 14.5 Å². The van der Waals surface area contributed by atoms with Crippen molar-refractivity contribution in [3.05, 3.63) is 50.4 Å². The number of nitrogens with one attached hydrogen (secondary N) is 2. The summed E-state index contributed by atoms with van der Waals surface area (Å²) in [6.07, 6.45) is 0.778. The van der Waals surface area contributed by atoms with Gasteiger partial charge >= 0.3 is 5.97 Å². The van der Waals surface area contributed by atoms with Crippen molar-refractivity contribution >= 4 is 51.0 Å². The summed E-state index contributed by atoms with van der Waals surface area (Å²) in [5.41, 5.74) is 1.46. The maximum atomic E-state index is 11.9. The summed E-state index contributed by atoms with van der Waals surface area (Å²) in [7, 11) is 1.32. The van der Waals surface area contributed by atoms with Gasteiger partial charge in [0, 0.05) is 22.2 Å². The Morgan fingerprint density at radius 2 is 2.08 bits per heavy atom. The predicted octanol–water partition coefficient (Wildman–Crippen LogP) is 4.12. The number of rotatable bonds is 5. The molecule has 7 nitrogen and oxygen atoms in total. The van der Waals surface area contributed by atoms with Gasteiger partial charge in [0.25, 0.3) is 5.69 Å². The third-order valence-electron chi connectivity index (χ3n) is 3.43. The van der Waals surface area contributed by atoms with Crippen LogP contribution in [0.3, 0.4) is 0 Å². The summed E-state index contributed by atoms with van der Waals surface area (Å²) in [5.74, 6) is -0.452. The standard InChI is InChI=1S/C16H17N3O4S2/c1-4-11-8-12(15(20)23-3)14(25-11)18-16(24)17-10-6-5-9(2)13(7-10)19(21)22/h5-8H,4H2,1-3H3,(H2,17,18,24). The Kier molecular flexibility index (Phi) is 6.05. The second-order valence-corrected chi connectivity index (χ2v) is 6.68. The van der Waals surface area contributed by atoms with Gasteiger partial charge in [0.2, 0.25) is 0 Å². The molecule has 1 heterocycles. The third kappa shape index (κ3) is 4.52. The molecule has 132 valence electrons. The molecule has 2 rings (SSSR count). The van der Waals surface area contributed by atoms with Crippen LogP contribution in [0.1, 0.15) is 27.7 Å². The Hall–Kier alpha value is -2.52. The lowest BCUT2D eigenvalue weighted by atomic mass is 10.2. The summed E-state index contributed by atoms with van der Waals surface area (Å²) in [6, 6.07) is 6.52. The number of nitro benzene ring substituents is 1. The fraction of sp³-hybridized carbons (Fsp3) is 0.250. The molecule has 0 aliphatic carbocycles. The molecule has 0 radical (unpaired) electrons. The van der Waals surface area contributed by atoms with Crippen LogP contribution in [0.4, 0.5) is 16.4 Å². The second kappa shape index (κ2) is 8.04. The highest BCUT2D eigenvalue weighted by Gasteiger charge is 2.17. The number of esters is 1. The molecule has 0 saturated heterocycles. The van der Waals surface area contributed by atoms with E-state index in [0.29, 0.717) is 21.8 Å². The average molecular weight is 379 g/mol. The number of carbonyl (C=O) groups is 1. The van der Waals surface area contributed by atoms with Crippen molar-refractivity contribution in [3.8, 4) is 0 Å². The highest BCUT2D eigenvalue weighted by Crippen LogP contribution is 2.29. The molecule has 0 aliphatic heterocycles. The van der Waals surface area contributed by atoms with Gasteiger partial charge in [0.15, 0.2) is 5.11 Å². The molecule has 0 spiro atoms. The van der Waals surface area contributed by atoms with E-state index in [0.717, 1.165) is 11.3 Å². The third-order valence-corrected chi connectivity index (χ3v) is 4.83. The largest absolute Gasteiger partial charge is 0.465 e. The van der Waals surface area contributed by atoms with E-state index in [9.17, 15) is 14.9 Å². The zero-order valence-corrected chi connectivity index (χ0v) is 15.5. The lowest BCUT2D eigenvalue weighted by Crippen LogP contribution is -2.20. The molecule has 25 heavy (non-hydrogen) atoms. The van der Waals surface area contributed by atoms with E-state index in [1.165, 1.54) is 24.5 Å². The highest BCUT2D eigenvalue weighted by atomic mass is 32.1. The number of ether oxygens (including phenoxy) is 1. The molecule has 0 amide bonds. The van der Waals surface area contributed by atoms with Crippen molar-refractivity contribution in [3.63, 3.8) is 0 Å². The molecule has 1 aromatic carbocycles. The predicted molar refractivity (Wildman–Crippen MR) is 103 cm³/mol. The van der Waals surface area contributed by atoms with Crippen LogP contribution in [0.2, 0.25) is 0 Å². The molecule has 2 aromatic rings. The van der Waals surface area contributed by atoms with Crippen molar-refractivity contribution in [2.45, 2.75) is 20.3 Å². The van der Waals surface area contributed by atoms with Crippen molar-refractivity contribution in [2.24, 2.45) is 0 Å². The smallest absolute Gasteiger partial charge is 0.340 e. The van der Waals surface area contributed by atoms with Crippen LogP contribution in [0.15, 0.2) is 24.3 Å². The molecular formula is C16H17N3O4S2. The van der Waals surface area contributed by atoms with Crippen LogP contribution < -0.4 is 10.6 Å². The molecular weight excluding hydrogens is 362 g/mol. The number of nitrogens with zero attached hydrogens (tertiary/aromatic N) is 1. The van der Waals surface area contributed by atoms with Crippen LogP contribution in [0.25, 0.3) is 0 Å². The minimum absolute atomic E-state index is 0.00689. The second-order valence-electron chi connectivity index (χ2n) is 5.14. The molecule has 0 saturated carbocycles. The Morgan fingerprint density at radius 1 is 1.36 bits per heavy atom. The number of hydrogen-bond acceptors (Lipinski definition) is 6. The quantitative estimate of drug-likeness (QED) is 0.349. The Morgan fingerprint density at radius 3 is 2.68 bits per heavy atom. The first-order valence-corrected chi connectivity index (χ1v) is 8.62. The zero-order chi connectivity index (χ0) is 18.6. The van der Waals surface area contributed by atoms with Gasteiger partial charge in [-0.3, -0.25) is 10.1 Å². The van der Waals surface area contributed by atoms with E-state index in [1.807, 2.05) is 6.92 Å². The van der Waals surface area contributed by atoms with Crippen LogP contribution in [0.5, 0.6) is 0 Å². The number of nitro groups is 1. The minimum atomic E-state index is -0.452. The fourth-order valence-corrected chi connectivity index (χ4v) is 3.39. The van der Waals surface area contributed by atoms with Crippen LogP contribution >= 0.6 is 23.6 Å². The number of thiocarbonyl (C=S) groups is 1. The number of benzene rings is 1. The van der Waals surface area contributed by atoms with E-state index < -0.39 is 10.9 Å². The molecule has 0 fully saturated rings. The van der Waals surface area contributed by atoms with Gasteiger partial charge in [-0.2, -0.15) is 0 Å². The molecule has 1 aromatic heterocycles. The normalized spacial score (nSPS) is 10.2. The SMILES string of the molecule is CCc1cc(C(=O)OC)c(NC(=S)Nc2ccc(C)c([N+](=O)[O-])c2)s1. The van der Waals surface area contributed by atoms with Crippen LogP contribution in [0, 0.1) is 17.0 Å². The van der Waals surface area contributed by atoms with E-state index in [-0.39, 0.29) is 10.8 Å². The number of carbonyl (C=O) groups excluding carboxylic acids is 1. The van der Waals surface area contributed by atoms with Crippen molar-refractivity contribution in [2.75, 3.05) is 17.7 Å². The van der Waals surface area contributed by atoms with E-state index in [1.54, 1.807) is 25.1 Å². The first kappa shape index (κ1) is 18.8. The Bertz CT molecular complexity index is 833. The number of aryl methyl sites for hydroxylation is 2. The maximum absolute atomic E-state index is 11.9. The highest BCUT2D eigenvalue weighted by molar-refractivity contribution is 7.80. The molecule has 9 heteroatoms. The number of methoxy groups -OCH3 is 1. The molecule has 0 bridgehead atoms. The molecule has 0 aliphatic rings. The topological polar surface area (TPSA) is 93.5 Å². The summed E-state index contributed by atoms with van der Waals surface area (Å²) in [5, 5.41) is 17.7. The van der Waals surface area contributed by atoms with Crippen molar-refractivity contribution in [1.82, 2.24) is 0 Å². The zero-order valence-electron chi connectivity index (χ0n) is 13.9. The van der Waals surface area contributed by atoms with Gasteiger partial charge in [0.1, 0.15) is 5.00 Å². The molecule has 0 unspecified atom stereocenters. The fourth-order valence-electron chi connectivity index (χ4n) is 2.12. The van der Waals surface area contributed by atoms with Gasteiger partial charge < -0.3 is 15.4 Å². The van der Waals surface area contributed by atoms with Crippen LogP contribution in [-0.4, -0.2) is 23.1 Å². The number of hydrogen-bond donors (Lipinski definition) is 2. The van der Waals surface area contributed by atoms with Crippen LogP contribution in [-0.2, 0) is 11.2 Å². The number of anilines is 2. The first-order valence-electron chi connectivity index (χ1n) is 7.39. The monoisotopic (exact) mass is 379 g/mol. The Labute approximate surface area is 154 Å². The van der Waals surface area contributed by atoms with E-state index in [2.05, 4.69) is 10.6 Å². The minimum Gasteiger partial charge on any atom is -0.465 e. The molecule has 0 atom stereocenters. The lowest BCUT2D eigenvalue weighted by molar-refractivity contribution is -0.385. The Balaban J connectivity index is 2.18. The van der Waals surface area contributed by atoms with Gasteiger partial charge in [-0.05, 0) is 37.7 Å². The van der Waals surface area contributed by atoms with E-state index >= 15 is 0 Å². The van der Waals surface area contributed by atoms with Gasteiger partial charge in [0.05, 0.1) is 17.6 Å². The van der Waals surface area contributed by atoms with Gasteiger partial charge in [-0.1, -0.05) is 13.0 Å². The lowest BCUT2D eigenvalue weighted by Gasteiger charge is -2.10. The summed E-state index contributed by atoms with van der Waals surface area (Å²) >= 11 is 6.66. The summed E-state index contributed by atoms with van der Waals surface area (Å²) in [6.45, 7) is 3.65. The summed E-state index contributed by atoms with van der Waals surface area (Å²) in [4.78, 5) is 23.5. The number of thiophene rings is 1. The maximum Gasteiger partial charge on any atom is 0.340 e. The first-order chi connectivity index (χ1) is 11.8.